The zero-order valence-electron chi connectivity index (χ0n) is 15.2. The van der Waals surface area contributed by atoms with Crippen LogP contribution < -0.4 is 21.9 Å². The third kappa shape index (κ3) is 3.57. The molecule has 3 amide bonds. The van der Waals surface area contributed by atoms with E-state index in [4.69, 9.17) is 5.73 Å². The molecule has 1 fully saturated rings. The lowest BCUT2D eigenvalue weighted by Gasteiger charge is -2.23. The molecule has 1 aliphatic carbocycles. The molecule has 0 aromatic carbocycles. The summed E-state index contributed by atoms with van der Waals surface area (Å²) in [7, 11) is 0. The third-order valence-corrected chi connectivity index (χ3v) is 3.96. The Morgan fingerprint density at radius 1 is 1.37 bits per heavy atom. The first-order valence-corrected chi connectivity index (χ1v) is 8.41. The van der Waals surface area contributed by atoms with Crippen molar-refractivity contribution < 1.29 is 19.1 Å². The van der Waals surface area contributed by atoms with Gasteiger partial charge in [0.1, 0.15) is 0 Å². The van der Waals surface area contributed by atoms with Crippen LogP contribution in [-0.4, -0.2) is 37.3 Å². The van der Waals surface area contributed by atoms with Crippen LogP contribution in [0.2, 0.25) is 0 Å². The van der Waals surface area contributed by atoms with Crippen LogP contribution in [0, 0.1) is 11.2 Å². The predicted octanol–water partition coefficient (Wildman–Crippen LogP) is 0.770. The summed E-state index contributed by atoms with van der Waals surface area (Å²) in [5.74, 6) is -3.03. The number of nitrogens with zero attached hydrogens (tertiary/aromatic N) is 3. The van der Waals surface area contributed by atoms with Crippen molar-refractivity contribution in [3.63, 3.8) is 0 Å². The van der Waals surface area contributed by atoms with Gasteiger partial charge in [-0.3, -0.25) is 19.5 Å². The first kappa shape index (κ1) is 18.7. The summed E-state index contributed by atoms with van der Waals surface area (Å²) < 4.78 is 16.6. The van der Waals surface area contributed by atoms with Crippen molar-refractivity contribution >= 4 is 23.4 Å². The van der Waals surface area contributed by atoms with Crippen LogP contribution in [0.1, 0.15) is 44.0 Å². The van der Waals surface area contributed by atoms with Gasteiger partial charge in [-0.15, -0.1) is 5.10 Å². The quantitative estimate of drug-likeness (QED) is 0.619. The second kappa shape index (κ2) is 6.25. The fourth-order valence-corrected chi connectivity index (χ4v) is 2.71. The van der Waals surface area contributed by atoms with Gasteiger partial charge in [0.05, 0.1) is 0 Å². The number of nitrogens with two attached hydrogens (primary N) is 1. The third-order valence-electron chi connectivity index (χ3n) is 3.96. The average molecular weight is 380 g/mol. The van der Waals surface area contributed by atoms with Gasteiger partial charge in [-0.05, 0) is 18.3 Å². The number of primary amides is 1. The SMILES string of the molecule is CC(C)(C)Cn1c(O)c(C(=O)NC2CC2)c(=O)n2nc(NC(N)=O)c(F)c12. The molecule has 1 saturated carbocycles. The van der Waals surface area contributed by atoms with Gasteiger partial charge in [-0.2, -0.15) is 8.91 Å². The van der Waals surface area contributed by atoms with E-state index in [0.29, 0.717) is 4.52 Å². The van der Waals surface area contributed by atoms with Crippen molar-refractivity contribution in [3.8, 4) is 5.88 Å². The molecule has 0 spiro atoms. The molecule has 3 rings (SSSR count). The van der Waals surface area contributed by atoms with Crippen LogP contribution >= 0.6 is 0 Å². The normalized spacial score (nSPS) is 14.4. The Morgan fingerprint density at radius 3 is 2.52 bits per heavy atom. The Hall–Kier alpha value is -3.11. The molecule has 0 radical (unpaired) electrons. The minimum atomic E-state index is -1.07. The van der Waals surface area contributed by atoms with Gasteiger partial charge >= 0.3 is 6.03 Å². The number of hydrogen-bond donors (Lipinski definition) is 4. The molecular formula is C16H21FN6O4. The predicted molar refractivity (Wildman–Crippen MR) is 94.2 cm³/mol. The number of aromatic hydroxyl groups is 1. The van der Waals surface area contributed by atoms with E-state index >= 15 is 0 Å². The van der Waals surface area contributed by atoms with Crippen LogP contribution in [0.5, 0.6) is 5.88 Å². The van der Waals surface area contributed by atoms with E-state index in [1.165, 1.54) is 0 Å². The topological polar surface area (TPSA) is 144 Å². The van der Waals surface area contributed by atoms with Crippen LogP contribution in [0.25, 0.3) is 5.65 Å². The maximum Gasteiger partial charge on any atom is 0.317 e. The van der Waals surface area contributed by atoms with E-state index in [1.807, 2.05) is 26.1 Å². The highest BCUT2D eigenvalue weighted by atomic mass is 19.1. The van der Waals surface area contributed by atoms with Crippen LogP contribution in [0.15, 0.2) is 4.79 Å². The molecule has 1 aliphatic rings. The van der Waals surface area contributed by atoms with Crippen molar-refractivity contribution in [2.24, 2.45) is 11.1 Å². The smallest absolute Gasteiger partial charge is 0.317 e. The number of hydrogen-bond acceptors (Lipinski definition) is 5. The minimum absolute atomic E-state index is 0.0514. The van der Waals surface area contributed by atoms with E-state index in [-0.39, 0.29) is 18.2 Å². The zero-order valence-corrected chi connectivity index (χ0v) is 15.2. The number of amides is 3. The second-order valence-electron chi connectivity index (χ2n) is 7.79. The minimum Gasteiger partial charge on any atom is -0.494 e. The molecule has 27 heavy (non-hydrogen) atoms. The van der Waals surface area contributed by atoms with Crippen molar-refractivity contribution in [1.82, 2.24) is 19.5 Å². The molecule has 0 aliphatic heterocycles. The second-order valence-corrected chi connectivity index (χ2v) is 7.79. The summed E-state index contributed by atoms with van der Waals surface area (Å²) in [6.45, 7) is 5.58. The van der Waals surface area contributed by atoms with Gasteiger partial charge in [0, 0.05) is 12.6 Å². The molecule has 0 saturated heterocycles. The summed E-state index contributed by atoms with van der Waals surface area (Å²) in [5, 5.41) is 19.0. The summed E-state index contributed by atoms with van der Waals surface area (Å²) in [4.78, 5) is 36.2. The van der Waals surface area contributed by atoms with E-state index in [2.05, 4.69) is 10.4 Å². The number of rotatable bonds is 4. The van der Waals surface area contributed by atoms with Gasteiger partial charge in [0.2, 0.25) is 11.7 Å². The Bertz CT molecular complexity index is 999. The fraction of sp³-hybridized carbons (Fsp3) is 0.500. The highest BCUT2D eigenvalue weighted by molar-refractivity contribution is 5.96. The van der Waals surface area contributed by atoms with E-state index in [9.17, 15) is 23.9 Å². The molecule has 0 unspecified atom stereocenters. The Morgan fingerprint density at radius 2 is 2.00 bits per heavy atom. The molecule has 0 atom stereocenters. The molecule has 2 aromatic rings. The number of anilines is 1. The van der Waals surface area contributed by atoms with Crippen molar-refractivity contribution in [2.45, 2.75) is 46.2 Å². The molecule has 0 bridgehead atoms. The van der Waals surface area contributed by atoms with Gasteiger partial charge in [-0.1, -0.05) is 20.8 Å². The lowest BCUT2D eigenvalue weighted by molar-refractivity contribution is 0.0944. The highest BCUT2D eigenvalue weighted by Gasteiger charge is 2.32. The molecule has 2 aromatic heterocycles. The van der Waals surface area contributed by atoms with Gasteiger partial charge in [0.15, 0.2) is 17.0 Å². The maximum absolute atomic E-state index is 14.8. The number of carbonyl (C=O) groups is 2. The van der Waals surface area contributed by atoms with E-state index < -0.39 is 46.0 Å². The van der Waals surface area contributed by atoms with Crippen molar-refractivity contribution in [1.29, 1.82) is 0 Å². The first-order valence-electron chi connectivity index (χ1n) is 8.41. The number of halogens is 1. The van der Waals surface area contributed by atoms with Gasteiger partial charge in [0.25, 0.3) is 11.5 Å². The lowest BCUT2D eigenvalue weighted by atomic mass is 9.96. The van der Waals surface area contributed by atoms with Crippen LogP contribution in [-0.2, 0) is 6.54 Å². The molecule has 11 heteroatoms. The van der Waals surface area contributed by atoms with Crippen molar-refractivity contribution in [2.75, 3.05) is 5.32 Å². The number of carbonyl (C=O) groups excluding carboxylic acids is 2. The number of urea groups is 1. The Balaban J connectivity index is 2.28. The largest absolute Gasteiger partial charge is 0.494 e. The monoisotopic (exact) mass is 380 g/mol. The molecule has 146 valence electrons. The molecule has 10 nitrogen and oxygen atoms in total. The fourth-order valence-electron chi connectivity index (χ4n) is 2.71. The molecule has 5 N–H and O–H groups in total. The van der Waals surface area contributed by atoms with Gasteiger partial charge < -0.3 is 16.2 Å². The lowest BCUT2D eigenvalue weighted by Crippen LogP contribution is -2.35. The standard InChI is InChI=1S/C16H21FN6O4/c1-16(2,3)6-22-12-9(17)10(20-15(18)27)21-23(12)14(26)8(13(22)25)11(24)19-7-4-5-7/h7,25H,4-6H2,1-3H3,(H,19,24)(H3,18,20,21,27). The summed E-state index contributed by atoms with van der Waals surface area (Å²) >= 11 is 0. The molecule has 2 heterocycles. The number of fused-ring (bicyclic) bond motifs is 1. The van der Waals surface area contributed by atoms with Crippen LogP contribution in [0.4, 0.5) is 15.0 Å². The first-order chi connectivity index (χ1) is 12.5. The highest BCUT2D eigenvalue weighted by Crippen LogP contribution is 2.28. The van der Waals surface area contributed by atoms with Gasteiger partial charge in [-0.25, -0.2) is 4.79 Å². The number of aromatic nitrogens is 3. The van der Waals surface area contributed by atoms with E-state index in [0.717, 1.165) is 17.4 Å². The summed E-state index contributed by atoms with van der Waals surface area (Å²) in [6, 6.07) is -1.12. The average Bonchev–Trinajstić information content (AvgIpc) is 3.27. The number of nitrogens with one attached hydrogen (secondary N) is 2. The van der Waals surface area contributed by atoms with Crippen molar-refractivity contribution in [3.05, 3.63) is 21.7 Å². The zero-order chi connectivity index (χ0) is 20.1. The Kier molecular flexibility index (Phi) is 4.32. The Labute approximate surface area is 153 Å². The summed E-state index contributed by atoms with van der Waals surface area (Å²) in [6.07, 6.45) is 1.57. The van der Waals surface area contributed by atoms with Crippen LogP contribution in [0.3, 0.4) is 0 Å². The summed E-state index contributed by atoms with van der Waals surface area (Å²) in [5.41, 5.74) is 2.65. The molecular weight excluding hydrogens is 359 g/mol. The maximum atomic E-state index is 14.8. The van der Waals surface area contributed by atoms with E-state index in [1.54, 1.807) is 0 Å².